The Morgan fingerprint density at radius 2 is 2.17 bits per heavy atom. The van der Waals surface area contributed by atoms with E-state index in [1.54, 1.807) is 18.3 Å². The van der Waals surface area contributed by atoms with Crippen molar-refractivity contribution in [3.05, 3.63) is 47.5 Å². The number of hydrogen-bond donors (Lipinski definition) is 0. The third kappa shape index (κ3) is 2.64. The van der Waals surface area contributed by atoms with Crippen LogP contribution in [0.2, 0.25) is 0 Å². The highest BCUT2D eigenvalue weighted by Gasteiger charge is 2.06. The van der Waals surface area contributed by atoms with E-state index in [4.69, 9.17) is 10.00 Å². The Balaban J connectivity index is 2.31. The average molecular weight is 239 g/mol. The van der Waals surface area contributed by atoms with Crippen molar-refractivity contribution in [2.75, 3.05) is 0 Å². The molecular weight excluding hydrogens is 226 g/mol. The van der Waals surface area contributed by atoms with Crippen LogP contribution < -0.4 is 4.74 Å². The van der Waals surface area contributed by atoms with Gasteiger partial charge in [-0.25, -0.2) is 4.98 Å². The molecule has 18 heavy (non-hydrogen) atoms. The summed E-state index contributed by atoms with van der Waals surface area (Å²) in [7, 11) is 0. The fraction of sp³-hybridized carbons (Fsp3) is 0.214. The molecule has 2 aromatic heterocycles. The molecule has 0 saturated heterocycles. The normalized spacial score (nSPS) is 9.83. The second-order valence-electron chi connectivity index (χ2n) is 3.84. The van der Waals surface area contributed by atoms with Gasteiger partial charge in [0.05, 0.1) is 5.69 Å². The third-order valence-corrected chi connectivity index (χ3v) is 2.48. The lowest BCUT2D eigenvalue weighted by molar-refractivity contribution is 0.472. The summed E-state index contributed by atoms with van der Waals surface area (Å²) < 4.78 is 5.74. The summed E-state index contributed by atoms with van der Waals surface area (Å²) in [4.78, 5) is 8.32. The van der Waals surface area contributed by atoms with Gasteiger partial charge in [-0.2, -0.15) is 5.26 Å². The summed E-state index contributed by atoms with van der Waals surface area (Å²) in [6.07, 6.45) is 2.36. The fourth-order valence-electron chi connectivity index (χ4n) is 1.61. The standard InChI is InChI=1S/C14H13N3O/c1-3-13-14(5-4-10(2)17-13)18-12-6-7-16-11(8-12)9-15/h4-8H,3H2,1-2H3. The topological polar surface area (TPSA) is 58.8 Å². The van der Waals surface area contributed by atoms with E-state index in [1.165, 1.54) is 0 Å². The highest BCUT2D eigenvalue weighted by Crippen LogP contribution is 2.24. The monoisotopic (exact) mass is 239 g/mol. The van der Waals surface area contributed by atoms with Crippen molar-refractivity contribution >= 4 is 0 Å². The molecule has 0 saturated carbocycles. The molecule has 90 valence electrons. The van der Waals surface area contributed by atoms with E-state index in [9.17, 15) is 0 Å². The summed E-state index contributed by atoms with van der Waals surface area (Å²) in [5, 5.41) is 8.78. The maximum Gasteiger partial charge on any atom is 0.148 e. The van der Waals surface area contributed by atoms with Gasteiger partial charge < -0.3 is 4.74 Å². The van der Waals surface area contributed by atoms with Gasteiger partial charge in [0.2, 0.25) is 0 Å². The zero-order valence-corrected chi connectivity index (χ0v) is 10.3. The van der Waals surface area contributed by atoms with E-state index in [0.29, 0.717) is 11.4 Å². The van der Waals surface area contributed by atoms with Crippen LogP contribution in [0.4, 0.5) is 0 Å². The Bertz CT molecular complexity index is 602. The molecular formula is C14H13N3O. The Labute approximate surface area is 106 Å². The first-order chi connectivity index (χ1) is 8.72. The largest absolute Gasteiger partial charge is 0.455 e. The van der Waals surface area contributed by atoms with E-state index in [1.807, 2.05) is 32.0 Å². The van der Waals surface area contributed by atoms with E-state index >= 15 is 0 Å². The zero-order valence-electron chi connectivity index (χ0n) is 10.3. The lowest BCUT2D eigenvalue weighted by atomic mass is 10.2. The molecule has 2 heterocycles. The minimum absolute atomic E-state index is 0.339. The van der Waals surface area contributed by atoms with E-state index in [2.05, 4.69) is 9.97 Å². The molecule has 0 fully saturated rings. The third-order valence-electron chi connectivity index (χ3n) is 2.48. The average Bonchev–Trinajstić information content (AvgIpc) is 2.41. The molecule has 0 spiro atoms. The fourth-order valence-corrected chi connectivity index (χ4v) is 1.61. The Morgan fingerprint density at radius 1 is 1.33 bits per heavy atom. The minimum atomic E-state index is 0.339. The molecule has 4 heteroatoms. The molecule has 2 rings (SSSR count). The Hall–Kier alpha value is -2.41. The van der Waals surface area contributed by atoms with Crippen molar-refractivity contribution < 1.29 is 4.74 Å². The van der Waals surface area contributed by atoms with Gasteiger partial charge in [-0.3, -0.25) is 4.98 Å². The molecule has 0 unspecified atom stereocenters. The summed E-state index contributed by atoms with van der Waals surface area (Å²) >= 11 is 0. The second kappa shape index (κ2) is 5.28. The predicted molar refractivity (Wildman–Crippen MR) is 67.4 cm³/mol. The van der Waals surface area contributed by atoms with Crippen molar-refractivity contribution in [3.8, 4) is 17.6 Å². The van der Waals surface area contributed by atoms with E-state index < -0.39 is 0 Å². The molecule has 2 aromatic rings. The number of nitrogens with zero attached hydrogens (tertiary/aromatic N) is 3. The van der Waals surface area contributed by atoms with E-state index in [-0.39, 0.29) is 0 Å². The van der Waals surface area contributed by atoms with Crippen LogP contribution in [-0.2, 0) is 6.42 Å². The van der Waals surface area contributed by atoms with Crippen LogP contribution in [0.3, 0.4) is 0 Å². The highest BCUT2D eigenvalue weighted by atomic mass is 16.5. The molecule has 4 nitrogen and oxygen atoms in total. The van der Waals surface area contributed by atoms with Gasteiger partial charge in [-0.15, -0.1) is 0 Å². The molecule has 0 aromatic carbocycles. The molecule has 0 N–H and O–H groups in total. The van der Waals surface area contributed by atoms with Crippen molar-refractivity contribution in [3.63, 3.8) is 0 Å². The summed E-state index contributed by atoms with van der Waals surface area (Å²) in [5.41, 5.74) is 2.21. The lowest BCUT2D eigenvalue weighted by Gasteiger charge is -2.09. The van der Waals surface area contributed by atoms with Gasteiger partial charge in [0.15, 0.2) is 0 Å². The van der Waals surface area contributed by atoms with Gasteiger partial charge in [0, 0.05) is 18.0 Å². The van der Waals surface area contributed by atoms with Crippen molar-refractivity contribution in [1.29, 1.82) is 5.26 Å². The first-order valence-corrected chi connectivity index (χ1v) is 5.73. The quantitative estimate of drug-likeness (QED) is 0.826. The number of aromatic nitrogens is 2. The summed E-state index contributed by atoms with van der Waals surface area (Å²) in [5.74, 6) is 1.32. The van der Waals surface area contributed by atoms with Crippen LogP contribution in [-0.4, -0.2) is 9.97 Å². The van der Waals surface area contributed by atoms with E-state index in [0.717, 1.165) is 23.6 Å². The molecule has 0 aliphatic rings. The predicted octanol–water partition coefficient (Wildman–Crippen LogP) is 3.01. The van der Waals surface area contributed by atoms with Crippen LogP contribution in [0.25, 0.3) is 0 Å². The van der Waals surface area contributed by atoms with Crippen molar-refractivity contribution in [2.24, 2.45) is 0 Å². The second-order valence-corrected chi connectivity index (χ2v) is 3.84. The van der Waals surface area contributed by atoms with Crippen LogP contribution in [0, 0.1) is 18.3 Å². The molecule has 0 bridgehead atoms. The van der Waals surface area contributed by atoms with Gasteiger partial charge >= 0.3 is 0 Å². The lowest BCUT2D eigenvalue weighted by Crippen LogP contribution is -1.96. The zero-order chi connectivity index (χ0) is 13.0. The first kappa shape index (κ1) is 12.1. The highest BCUT2D eigenvalue weighted by molar-refractivity contribution is 5.37. The number of pyridine rings is 2. The van der Waals surface area contributed by atoms with Gasteiger partial charge in [0.1, 0.15) is 23.3 Å². The molecule has 0 aliphatic heterocycles. The van der Waals surface area contributed by atoms with Crippen molar-refractivity contribution in [1.82, 2.24) is 9.97 Å². The number of nitriles is 1. The maximum absolute atomic E-state index is 8.78. The van der Waals surface area contributed by atoms with Crippen LogP contribution >= 0.6 is 0 Å². The Kier molecular flexibility index (Phi) is 3.54. The van der Waals surface area contributed by atoms with Gasteiger partial charge in [-0.05, 0) is 31.5 Å². The smallest absolute Gasteiger partial charge is 0.148 e. The van der Waals surface area contributed by atoms with Crippen LogP contribution in [0.1, 0.15) is 24.0 Å². The SMILES string of the molecule is CCc1nc(C)ccc1Oc1ccnc(C#N)c1. The van der Waals surface area contributed by atoms with Gasteiger partial charge in [-0.1, -0.05) is 6.92 Å². The maximum atomic E-state index is 8.78. The molecule has 0 radical (unpaired) electrons. The first-order valence-electron chi connectivity index (χ1n) is 5.73. The Morgan fingerprint density at radius 3 is 2.89 bits per heavy atom. The summed E-state index contributed by atoms with van der Waals surface area (Å²) in [6.45, 7) is 3.98. The molecule has 0 aliphatic carbocycles. The number of ether oxygens (including phenoxy) is 1. The van der Waals surface area contributed by atoms with Crippen molar-refractivity contribution in [2.45, 2.75) is 20.3 Å². The summed E-state index contributed by atoms with van der Waals surface area (Å²) in [6, 6.07) is 9.12. The van der Waals surface area contributed by atoms with Crippen LogP contribution in [0.15, 0.2) is 30.5 Å². The molecule has 0 atom stereocenters. The molecule has 0 amide bonds. The van der Waals surface area contributed by atoms with Gasteiger partial charge in [0.25, 0.3) is 0 Å². The van der Waals surface area contributed by atoms with Crippen LogP contribution in [0.5, 0.6) is 11.5 Å². The number of hydrogen-bond acceptors (Lipinski definition) is 4. The number of rotatable bonds is 3. The minimum Gasteiger partial charge on any atom is -0.455 e. The number of aryl methyl sites for hydroxylation is 2.